The zero-order chi connectivity index (χ0) is 17.8. The second-order valence-corrected chi connectivity index (χ2v) is 6.80. The number of nitrogens with zero attached hydrogens (tertiary/aromatic N) is 2. The highest BCUT2D eigenvalue weighted by atomic mass is 16.5. The van der Waals surface area contributed by atoms with E-state index >= 15 is 0 Å². The minimum absolute atomic E-state index is 0.376. The van der Waals surface area contributed by atoms with Gasteiger partial charge in [-0.05, 0) is 23.9 Å². The van der Waals surface area contributed by atoms with E-state index in [-0.39, 0.29) is 0 Å². The van der Waals surface area contributed by atoms with Crippen LogP contribution in [0.15, 0.2) is 54.6 Å². The van der Waals surface area contributed by atoms with Gasteiger partial charge in [0.15, 0.2) is 5.75 Å². The van der Waals surface area contributed by atoms with Crippen molar-refractivity contribution >= 4 is 21.7 Å². The molecule has 0 amide bonds. The zero-order valence-corrected chi connectivity index (χ0v) is 14.7. The fourth-order valence-electron chi connectivity index (χ4n) is 4.09. The van der Waals surface area contributed by atoms with Crippen molar-refractivity contribution in [3.05, 3.63) is 77.1 Å². The van der Waals surface area contributed by atoms with Gasteiger partial charge in [0.2, 0.25) is 12.1 Å². The Bertz CT molecular complexity index is 1270. The summed E-state index contributed by atoms with van der Waals surface area (Å²) in [6, 6.07) is 18.8. The van der Waals surface area contributed by atoms with Crippen LogP contribution in [0, 0.1) is 13.5 Å². The molecule has 0 radical (unpaired) electrons. The lowest BCUT2D eigenvalue weighted by molar-refractivity contribution is -0.633. The first-order chi connectivity index (χ1) is 12.7. The lowest BCUT2D eigenvalue weighted by Gasteiger charge is -2.21. The quantitative estimate of drug-likeness (QED) is 0.299. The third-order valence-corrected chi connectivity index (χ3v) is 5.30. The smallest absolute Gasteiger partial charge is 0.256 e. The summed E-state index contributed by atoms with van der Waals surface area (Å²) in [5.74, 6) is 1.75. The molecule has 0 fully saturated rings. The van der Waals surface area contributed by atoms with Gasteiger partial charge in [0.1, 0.15) is 12.8 Å². The third kappa shape index (κ3) is 1.90. The number of ether oxygens (including phenoxy) is 1. The van der Waals surface area contributed by atoms with Gasteiger partial charge < -0.3 is 9.58 Å². The van der Waals surface area contributed by atoms with Crippen molar-refractivity contribution in [2.24, 2.45) is 7.05 Å². The third-order valence-electron chi connectivity index (χ3n) is 5.30. The second kappa shape index (κ2) is 5.31. The van der Waals surface area contributed by atoms with E-state index in [4.69, 9.17) is 11.3 Å². The van der Waals surface area contributed by atoms with E-state index in [0.29, 0.717) is 6.54 Å². The first kappa shape index (κ1) is 14.9. The van der Waals surface area contributed by atoms with Gasteiger partial charge in [0, 0.05) is 23.1 Å². The maximum atomic E-state index is 7.25. The molecule has 0 unspecified atom stereocenters. The molecule has 3 aromatic carbocycles. The van der Waals surface area contributed by atoms with E-state index in [0.717, 1.165) is 33.7 Å². The highest BCUT2D eigenvalue weighted by Crippen LogP contribution is 2.47. The molecule has 0 atom stereocenters. The Morgan fingerprint density at radius 3 is 2.73 bits per heavy atom. The maximum Gasteiger partial charge on any atom is 0.256 e. The van der Waals surface area contributed by atoms with Crippen molar-refractivity contribution in [2.75, 3.05) is 0 Å². The van der Waals surface area contributed by atoms with E-state index in [1.165, 1.54) is 21.9 Å². The van der Waals surface area contributed by atoms with Gasteiger partial charge in [-0.2, -0.15) is 4.57 Å². The van der Waals surface area contributed by atoms with Crippen LogP contribution >= 0.6 is 0 Å². The number of aryl methyl sites for hydroxylation is 2. The molecule has 0 N–H and O–H groups in total. The van der Waals surface area contributed by atoms with E-state index in [1.54, 1.807) is 0 Å². The van der Waals surface area contributed by atoms with Crippen LogP contribution in [-0.4, -0.2) is 0 Å². The topological polar surface area (TPSA) is 17.5 Å². The van der Waals surface area contributed by atoms with Crippen LogP contribution in [0.2, 0.25) is 0 Å². The second-order valence-electron chi connectivity index (χ2n) is 6.80. The van der Waals surface area contributed by atoms with Gasteiger partial charge in [-0.1, -0.05) is 36.4 Å². The Kier molecular flexibility index (Phi) is 3.05. The van der Waals surface area contributed by atoms with Gasteiger partial charge in [-0.15, -0.1) is 0 Å². The monoisotopic (exact) mass is 337 g/mol. The average molecular weight is 337 g/mol. The molecule has 1 aliphatic heterocycles. The molecular weight excluding hydrogens is 320 g/mol. The molecule has 2 heterocycles. The molecule has 4 aromatic rings. The molecule has 0 saturated heterocycles. The van der Waals surface area contributed by atoms with Crippen LogP contribution in [0.4, 0.5) is 0 Å². The Morgan fingerprint density at radius 2 is 1.88 bits per heavy atom. The normalized spacial score (nSPS) is 11.9. The fourth-order valence-corrected chi connectivity index (χ4v) is 4.09. The molecule has 0 spiro atoms. The summed E-state index contributed by atoms with van der Waals surface area (Å²) in [7, 11) is 2.08. The standard InChI is InChI=1S/C23H17N2O/c1-14-10-11-15-6-5-9-19-22(15)21(14)23-20(26-19)12-17-16(13-24-2)7-4-8-18(17)25(23)3/h4-12H,13H2,1,3H3/q+1. The van der Waals surface area contributed by atoms with E-state index in [9.17, 15) is 0 Å². The SMILES string of the molecule is [C-]#[N+]Cc1cccc2c1cc1c([n+]2C)-c2c(C)ccc3cccc(c23)O1. The zero-order valence-electron chi connectivity index (χ0n) is 14.7. The van der Waals surface area contributed by atoms with Gasteiger partial charge in [0.05, 0.1) is 10.9 Å². The summed E-state index contributed by atoms with van der Waals surface area (Å²) < 4.78 is 8.53. The molecule has 3 heteroatoms. The van der Waals surface area contributed by atoms with Crippen molar-refractivity contribution in [1.82, 2.24) is 0 Å². The molecule has 3 nitrogen and oxygen atoms in total. The summed E-state index contributed by atoms with van der Waals surface area (Å²) in [6.45, 7) is 9.77. The predicted octanol–water partition coefficient (Wildman–Crippen LogP) is 5.32. The molecule has 0 saturated carbocycles. The van der Waals surface area contributed by atoms with Gasteiger partial charge >= 0.3 is 0 Å². The number of pyridine rings is 1. The van der Waals surface area contributed by atoms with Gasteiger partial charge in [0.25, 0.3) is 5.69 Å². The highest BCUT2D eigenvalue weighted by Gasteiger charge is 2.31. The van der Waals surface area contributed by atoms with Crippen LogP contribution in [-0.2, 0) is 13.6 Å². The van der Waals surface area contributed by atoms with Gasteiger partial charge in [-0.3, -0.25) is 0 Å². The van der Waals surface area contributed by atoms with E-state index in [1.807, 2.05) is 24.3 Å². The van der Waals surface area contributed by atoms with Crippen molar-refractivity contribution in [2.45, 2.75) is 13.5 Å². The Labute approximate surface area is 151 Å². The molecule has 1 aromatic heterocycles. The lowest BCUT2D eigenvalue weighted by atomic mass is 9.93. The highest BCUT2D eigenvalue weighted by molar-refractivity contribution is 6.04. The van der Waals surface area contributed by atoms with Crippen LogP contribution in [0.5, 0.6) is 11.5 Å². The largest absolute Gasteiger partial charge is 0.450 e. The molecule has 5 rings (SSSR count). The summed E-state index contributed by atoms with van der Waals surface area (Å²) >= 11 is 0. The first-order valence-corrected chi connectivity index (χ1v) is 8.67. The van der Waals surface area contributed by atoms with Crippen LogP contribution in [0.25, 0.3) is 37.8 Å². The Balaban J connectivity index is 1.95. The number of rotatable bonds is 1. The van der Waals surface area contributed by atoms with Crippen molar-refractivity contribution in [1.29, 1.82) is 0 Å². The number of aromatic nitrogens is 1. The summed E-state index contributed by atoms with van der Waals surface area (Å²) in [6.07, 6.45) is 0. The molecule has 26 heavy (non-hydrogen) atoms. The number of benzene rings is 3. The number of hydrogen-bond donors (Lipinski definition) is 0. The van der Waals surface area contributed by atoms with Crippen LogP contribution in [0.1, 0.15) is 11.1 Å². The van der Waals surface area contributed by atoms with E-state index in [2.05, 4.69) is 53.7 Å². The molecule has 124 valence electrons. The number of fused-ring (bicyclic) bond motifs is 3. The van der Waals surface area contributed by atoms with E-state index < -0.39 is 0 Å². The summed E-state index contributed by atoms with van der Waals surface area (Å²) in [5, 5.41) is 3.44. The Morgan fingerprint density at radius 1 is 1.04 bits per heavy atom. The fraction of sp³-hybridized carbons (Fsp3) is 0.130. The summed E-state index contributed by atoms with van der Waals surface area (Å²) in [5.41, 5.74) is 5.72. The van der Waals surface area contributed by atoms with Crippen molar-refractivity contribution in [3.8, 4) is 22.8 Å². The summed E-state index contributed by atoms with van der Waals surface area (Å²) in [4.78, 5) is 3.58. The first-order valence-electron chi connectivity index (χ1n) is 8.67. The minimum atomic E-state index is 0.376. The predicted molar refractivity (Wildman–Crippen MR) is 103 cm³/mol. The molecule has 0 aliphatic carbocycles. The number of hydrogen-bond acceptors (Lipinski definition) is 1. The lowest BCUT2D eigenvalue weighted by Crippen LogP contribution is -2.33. The maximum absolute atomic E-state index is 7.25. The molecular formula is C23H17N2O+. The average Bonchev–Trinajstić information content (AvgIpc) is 2.65. The minimum Gasteiger partial charge on any atom is -0.450 e. The van der Waals surface area contributed by atoms with Gasteiger partial charge in [-0.25, -0.2) is 6.57 Å². The van der Waals surface area contributed by atoms with Crippen LogP contribution in [0.3, 0.4) is 0 Å². The van der Waals surface area contributed by atoms with Crippen molar-refractivity contribution < 1.29 is 9.30 Å². The molecule has 0 bridgehead atoms. The molecule has 1 aliphatic rings. The Hall–Kier alpha value is -3.38. The van der Waals surface area contributed by atoms with Crippen LogP contribution < -0.4 is 9.30 Å². The van der Waals surface area contributed by atoms with Crippen molar-refractivity contribution in [3.63, 3.8) is 0 Å².